The highest BCUT2D eigenvalue weighted by atomic mass is 16.5. The molecule has 0 N–H and O–H groups in total. The van der Waals surface area contributed by atoms with Gasteiger partial charge in [0.1, 0.15) is 5.75 Å². The summed E-state index contributed by atoms with van der Waals surface area (Å²) in [5, 5.41) is 9.21. The molecule has 0 radical (unpaired) electrons. The fourth-order valence-corrected chi connectivity index (χ4v) is 4.02. The van der Waals surface area contributed by atoms with Gasteiger partial charge < -0.3 is 9.47 Å². The first-order valence-corrected chi connectivity index (χ1v) is 9.63. The van der Waals surface area contributed by atoms with Crippen molar-refractivity contribution in [1.29, 1.82) is 5.26 Å². The van der Waals surface area contributed by atoms with Gasteiger partial charge in [-0.2, -0.15) is 5.26 Å². The van der Waals surface area contributed by atoms with Crippen LogP contribution in [0.15, 0.2) is 60.7 Å². The molecule has 0 amide bonds. The normalized spacial score (nSPS) is 13.9. The molecule has 0 saturated carbocycles. The van der Waals surface area contributed by atoms with Crippen molar-refractivity contribution in [1.82, 2.24) is 0 Å². The first-order valence-electron chi connectivity index (χ1n) is 9.63. The Bertz CT molecular complexity index is 1130. The van der Waals surface area contributed by atoms with E-state index in [2.05, 4.69) is 24.3 Å². The third kappa shape index (κ3) is 3.48. The summed E-state index contributed by atoms with van der Waals surface area (Å²) in [6, 6.07) is 22.0. The molecule has 0 saturated heterocycles. The molecule has 3 aromatic carbocycles. The van der Waals surface area contributed by atoms with Crippen LogP contribution in [0.1, 0.15) is 36.0 Å². The average molecular weight is 383 g/mol. The Hall–Kier alpha value is -3.58. The molecule has 0 fully saturated rings. The zero-order valence-electron chi connectivity index (χ0n) is 16.4. The summed E-state index contributed by atoms with van der Waals surface area (Å²) in [6.07, 6.45) is 0.280. The second-order valence-corrected chi connectivity index (χ2v) is 7.01. The highest BCUT2D eigenvalue weighted by molar-refractivity contribution is 5.85. The SMILES string of the molecule is CCOC(=O)CC1c2cc(OC)ccc2-c2ccc(-c3cccc(C#N)c3)cc21. The smallest absolute Gasteiger partial charge is 0.306 e. The lowest BCUT2D eigenvalue weighted by Gasteiger charge is -2.14. The molecule has 1 unspecified atom stereocenters. The Morgan fingerprint density at radius 3 is 2.45 bits per heavy atom. The van der Waals surface area contributed by atoms with Crippen LogP contribution in [-0.4, -0.2) is 19.7 Å². The number of esters is 1. The number of methoxy groups -OCH3 is 1. The lowest BCUT2D eigenvalue weighted by molar-refractivity contribution is -0.143. The molecule has 1 atom stereocenters. The highest BCUT2D eigenvalue weighted by Gasteiger charge is 2.31. The van der Waals surface area contributed by atoms with Gasteiger partial charge in [-0.05, 0) is 70.6 Å². The van der Waals surface area contributed by atoms with E-state index in [1.165, 1.54) is 0 Å². The topological polar surface area (TPSA) is 59.3 Å². The van der Waals surface area contributed by atoms with Gasteiger partial charge >= 0.3 is 5.97 Å². The summed E-state index contributed by atoms with van der Waals surface area (Å²) in [5.41, 5.74) is 7.05. The van der Waals surface area contributed by atoms with Gasteiger partial charge in [0.25, 0.3) is 0 Å². The molecule has 1 aliphatic carbocycles. The molecule has 0 aromatic heterocycles. The van der Waals surface area contributed by atoms with Gasteiger partial charge in [0.2, 0.25) is 0 Å². The number of fused-ring (bicyclic) bond motifs is 3. The van der Waals surface area contributed by atoms with Gasteiger partial charge in [0.15, 0.2) is 0 Å². The van der Waals surface area contributed by atoms with Crippen molar-refractivity contribution in [2.75, 3.05) is 13.7 Å². The number of ether oxygens (including phenoxy) is 2. The van der Waals surface area contributed by atoms with Crippen LogP contribution in [0.25, 0.3) is 22.3 Å². The zero-order chi connectivity index (χ0) is 20.4. The first-order chi connectivity index (χ1) is 14.1. The molecule has 3 aromatic rings. The summed E-state index contributed by atoms with van der Waals surface area (Å²) in [6.45, 7) is 2.18. The van der Waals surface area contributed by atoms with Crippen molar-refractivity contribution in [3.8, 4) is 34.1 Å². The lowest BCUT2D eigenvalue weighted by Crippen LogP contribution is -2.10. The Balaban J connectivity index is 1.82. The zero-order valence-corrected chi connectivity index (χ0v) is 16.4. The van der Waals surface area contributed by atoms with Crippen molar-refractivity contribution < 1.29 is 14.3 Å². The van der Waals surface area contributed by atoms with Crippen molar-refractivity contribution >= 4 is 5.97 Å². The Morgan fingerprint density at radius 1 is 1.00 bits per heavy atom. The van der Waals surface area contributed by atoms with Crippen LogP contribution in [-0.2, 0) is 9.53 Å². The van der Waals surface area contributed by atoms with Crippen LogP contribution >= 0.6 is 0 Å². The van der Waals surface area contributed by atoms with Crippen LogP contribution in [0.5, 0.6) is 5.75 Å². The van der Waals surface area contributed by atoms with Crippen molar-refractivity contribution in [3.05, 3.63) is 77.4 Å². The van der Waals surface area contributed by atoms with E-state index in [0.29, 0.717) is 12.2 Å². The highest BCUT2D eigenvalue weighted by Crippen LogP contribution is 2.48. The van der Waals surface area contributed by atoms with Crippen molar-refractivity contribution in [2.45, 2.75) is 19.3 Å². The van der Waals surface area contributed by atoms with Crippen molar-refractivity contribution in [2.24, 2.45) is 0 Å². The quantitative estimate of drug-likeness (QED) is 0.561. The van der Waals surface area contributed by atoms with Crippen molar-refractivity contribution in [3.63, 3.8) is 0 Å². The number of carbonyl (C=O) groups excluding carboxylic acids is 1. The maximum absolute atomic E-state index is 12.3. The maximum Gasteiger partial charge on any atom is 0.306 e. The lowest BCUT2D eigenvalue weighted by atomic mass is 9.91. The molecule has 0 spiro atoms. The molecule has 29 heavy (non-hydrogen) atoms. The third-order valence-corrected chi connectivity index (χ3v) is 5.35. The summed E-state index contributed by atoms with van der Waals surface area (Å²) in [7, 11) is 1.64. The molecular formula is C25H21NO3. The minimum Gasteiger partial charge on any atom is -0.497 e. The molecule has 4 heteroatoms. The number of carbonyl (C=O) groups is 1. The van der Waals surface area contributed by atoms with Gasteiger partial charge in [0.05, 0.1) is 31.8 Å². The van der Waals surface area contributed by atoms with E-state index in [0.717, 1.165) is 39.1 Å². The van der Waals surface area contributed by atoms with E-state index in [9.17, 15) is 10.1 Å². The monoisotopic (exact) mass is 383 g/mol. The number of hydrogen-bond acceptors (Lipinski definition) is 4. The Morgan fingerprint density at radius 2 is 1.72 bits per heavy atom. The average Bonchev–Trinajstić information content (AvgIpc) is 3.06. The Labute approximate surface area is 170 Å². The molecule has 0 aliphatic heterocycles. The summed E-state index contributed by atoms with van der Waals surface area (Å²) in [5.74, 6) is 0.469. The number of nitrogens with zero attached hydrogens (tertiary/aromatic N) is 1. The van der Waals surface area contributed by atoms with E-state index in [-0.39, 0.29) is 18.3 Å². The Kier molecular flexibility index (Phi) is 5.05. The molecule has 144 valence electrons. The second kappa shape index (κ2) is 7.81. The van der Waals surface area contributed by atoms with Crippen LogP contribution < -0.4 is 4.74 Å². The van der Waals surface area contributed by atoms with Gasteiger partial charge in [-0.3, -0.25) is 4.79 Å². The molecule has 1 aliphatic rings. The van der Waals surface area contributed by atoms with E-state index >= 15 is 0 Å². The minimum absolute atomic E-state index is 0.0896. The molecule has 4 nitrogen and oxygen atoms in total. The van der Waals surface area contributed by atoms with E-state index in [1.54, 1.807) is 13.2 Å². The van der Waals surface area contributed by atoms with E-state index in [1.807, 2.05) is 43.3 Å². The van der Waals surface area contributed by atoms with E-state index < -0.39 is 0 Å². The summed E-state index contributed by atoms with van der Waals surface area (Å²) in [4.78, 5) is 12.3. The van der Waals surface area contributed by atoms with Crippen LogP contribution in [0.2, 0.25) is 0 Å². The predicted octanol–water partition coefficient (Wildman–Crippen LogP) is 5.30. The number of benzene rings is 3. The summed E-state index contributed by atoms with van der Waals surface area (Å²) < 4.78 is 10.6. The third-order valence-electron chi connectivity index (χ3n) is 5.35. The van der Waals surface area contributed by atoms with Crippen LogP contribution in [0.3, 0.4) is 0 Å². The van der Waals surface area contributed by atoms with E-state index in [4.69, 9.17) is 9.47 Å². The molecule has 4 rings (SSSR count). The molecule has 0 heterocycles. The number of hydrogen-bond donors (Lipinski definition) is 0. The second-order valence-electron chi connectivity index (χ2n) is 7.01. The molecular weight excluding hydrogens is 362 g/mol. The molecule has 0 bridgehead atoms. The summed E-state index contributed by atoms with van der Waals surface area (Å²) >= 11 is 0. The predicted molar refractivity (Wildman–Crippen MR) is 112 cm³/mol. The van der Waals surface area contributed by atoms with Crippen LogP contribution in [0.4, 0.5) is 0 Å². The largest absolute Gasteiger partial charge is 0.497 e. The van der Waals surface area contributed by atoms with Crippen LogP contribution in [0, 0.1) is 11.3 Å². The van der Waals surface area contributed by atoms with Gasteiger partial charge in [-0.1, -0.05) is 30.3 Å². The number of rotatable bonds is 5. The maximum atomic E-state index is 12.3. The standard InChI is InChI=1S/C25H21NO3/c1-3-29-25(27)14-24-22-12-18(17-6-4-5-16(11-17)15-26)7-9-20(22)21-10-8-19(28-2)13-23(21)24/h4-13,24H,3,14H2,1-2H3. The fraction of sp³-hybridized carbons (Fsp3) is 0.200. The minimum atomic E-state index is -0.212. The first kappa shape index (κ1) is 18.8. The fourth-order valence-electron chi connectivity index (χ4n) is 4.02. The van der Waals surface area contributed by atoms with Gasteiger partial charge in [0, 0.05) is 5.92 Å². The number of nitriles is 1. The van der Waals surface area contributed by atoms with Gasteiger partial charge in [-0.15, -0.1) is 0 Å². The van der Waals surface area contributed by atoms with Gasteiger partial charge in [-0.25, -0.2) is 0 Å².